The Morgan fingerprint density at radius 3 is 3.00 bits per heavy atom. The van der Waals surface area contributed by atoms with Crippen LogP contribution in [0.15, 0.2) is 35.8 Å². The molecule has 2 aliphatic rings. The van der Waals surface area contributed by atoms with Crippen molar-refractivity contribution in [1.29, 1.82) is 0 Å². The molecule has 0 aromatic carbocycles. The van der Waals surface area contributed by atoms with Gasteiger partial charge in [-0.1, -0.05) is 30.4 Å². The summed E-state index contributed by atoms with van der Waals surface area (Å²) in [7, 11) is 0. The van der Waals surface area contributed by atoms with Crippen molar-refractivity contribution in [2.75, 3.05) is 5.75 Å². The highest BCUT2D eigenvalue weighted by molar-refractivity contribution is 8.02. The van der Waals surface area contributed by atoms with Gasteiger partial charge in [-0.2, -0.15) is 0 Å². The maximum Gasteiger partial charge on any atom is 0.00211 e. The van der Waals surface area contributed by atoms with Crippen molar-refractivity contribution in [2.24, 2.45) is 11.8 Å². The predicted molar refractivity (Wildman–Crippen MR) is 51.5 cm³/mol. The molecule has 0 bridgehead atoms. The maximum atomic E-state index is 2.33. The molecule has 2 unspecified atom stereocenters. The first-order valence-corrected chi connectivity index (χ1v) is 5.15. The molecular weight excluding hydrogens is 152 g/mol. The Hall–Kier alpha value is -0.430. The van der Waals surface area contributed by atoms with Crippen LogP contribution in [-0.4, -0.2) is 5.75 Å². The zero-order valence-electron chi connectivity index (χ0n) is 6.44. The van der Waals surface area contributed by atoms with E-state index in [0.29, 0.717) is 5.92 Å². The molecule has 0 aromatic rings. The molecule has 1 aliphatic heterocycles. The Morgan fingerprint density at radius 2 is 2.00 bits per heavy atom. The van der Waals surface area contributed by atoms with Gasteiger partial charge in [0.15, 0.2) is 0 Å². The molecule has 2 atom stereocenters. The van der Waals surface area contributed by atoms with E-state index >= 15 is 0 Å². The normalized spacial score (nSPS) is 34.9. The zero-order chi connectivity index (χ0) is 7.52. The van der Waals surface area contributed by atoms with Gasteiger partial charge in [-0.3, -0.25) is 0 Å². The standard InChI is InChI=1S/C10H12S/c1-2-4-10-6-8-11-7-5-9(10)3-1/h1-5,7,9-10H,6,8H2. The van der Waals surface area contributed by atoms with E-state index in [1.807, 2.05) is 11.8 Å². The van der Waals surface area contributed by atoms with Gasteiger partial charge in [0.05, 0.1) is 0 Å². The van der Waals surface area contributed by atoms with Crippen LogP contribution >= 0.6 is 11.8 Å². The third-order valence-electron chi connectivity index (χ3n) is 2.26. The van der Waals surface area contributed by atoms with E-state index in [-0.39, 0.29) is 0 Å². The lowest BCUT2D eigenvalue weighted by atomic mass is 9.87. The number of hydrogen-bond donors (Lipinski definition) is 0. The number of rotatable bonds is 0. The molecular formula is C10H12S. The lowest BCUT2D eigenvalue weighted by molar-refractivity contribution is 0.541. The average molecular weight is 164 g/mol. The van der Waals surface area contributed by atoms with Gasteiger partial charge in [0.2, 0.25) is 0 Å². The summed E-state index contributed by atoms with van der Waals surface area (Å²) in [5.74, 6) is 2.72. The van der Waals surface area contributed by atoms with Crippen LogP contribution < -0.4 is 0 Å². The Morgan fingerprint density at radius 1 is 1.09 bits per heavy atom. The van der Waals surface area contributed by atoms with Crippen molar-refractivity contribution in [2.45, 2.75) is 6.42 Å². The number of hydrogen-bond acceptors (Lipinski definition) is 1. The van der Waals surface area contributed by atoms with E-state index in [2.05, 4.69) is 35.8 Å². The van der Waals surface area contributed by atoms with Gasteiger partial charge in [-0.15, -0.1) is 11.8 Å². The first-order chi connectivity index (χ1) is 5.47. The quantitative estimate of drug-likeness (QED) is 0.530. The van der Waals surface area contributed by atoms with E-state index in [1.54, 1.807) is 0 Å². The van der Waals surface area contributed by atoms with Gasteiger partial charge in [0.1, 0.15) is 0 Å². The van der Waals surface area contributed by atoms with Crippen LogP contribution in [-0.2, 0) is 0 Å². The summed E-state index contributed by atoms with van der Waals surface area (Å²) in [5, 5.41) is 2.24. The van der Waals surface area contributed by atoms with Gasteiger partial charge in [-0.05, 0) is 23.5 Å². The fraction of sp³-hybridized carbons (Fsp3) is 0.400. The molecule has 1 aliphatic carbocycles. The third kappa shape index (κ3) is 1.59. The third-order valence-corrected chi connectivity index (χ3v) is 3.08. The lowest BCUT2D eigenvalue weighted by Gasteiger charge is -2.18. The van der Waals surface area contributed by atoms with Gasteiger partial charge >= 0.3 is 0 Å². The van der Waals surface area contributed by atoms with Gasteiger partial charge < -0.3 is 0 Å². The molecule has 0 spiro atoms. The number of fused-ring (bicyclic) bond motifs is 1. The van der Waals surface area contributed by atoms with Crippen LogP contribution in [0.1, 0.15) is 6.42 Å². The van der Waals surface area contributed by atoms with E-state index in [1.165, 1.54) is 12.2 Å². The molecule has 0 fully saturated rings. The molecule has 11 heavy (non-hydrogen) atoms. The maximum absolute atomic E-state index is 2.33. The van der Waals surface area contributed by atoms with Crippen molar-refractivity contribution in [3.05, 3.63) is 35.8 Å². The molecule has 0 amide bonds. The molecule has 0 aromatic heterocycles. The van der Waals surface area contributed by atoms with Crippen molar-refractivity contribution in [1.82, 2.24) is 0 Å². The SMILES string of the molecule is C1=CC2C=CSCCC2C=C1. The second-order valence-corrected chi connectivity index (χ2v) is 4.01. The van der Waals surface area contributed by atoms with Crippen molar-refractivity contribution < 1.29 is 0 Å². The molecule has 58 valence electrons. The van der Waals surface area contributed by atoms with Crippen LogP contribution in [0.2, 0.25) is 0 Å². The predicted octanol–water partition coefficient (Wildman–Crippen LogP) is 3.00. The highest BCUT2D eigenvalue weighted by Gasteiger charge is 2.16. The summed E-state index contributed by atoms with van der Waals surface area (Å²) < 4.78 is 0. The van der Waals surface area contributed by atoms with Gasteiger partial charge in [-0.25, -0.2) is 0 Å². The van der Waals surface area contributed by atoms with Crippen LogP contribution in [0.5, 0.6) is 0 Å². The topological polar surface area (TPSA) is 0 Å². The summed E-state index contributed by atoms with van der Waals surface area (Å²) in [6.07, 6.45) is 12.6. The van der Waals surface area contributed by atoms with Crippen LogP contribution in [0.25, 0.3) is 0 Å². The van der Waals surface area contributed by atoms with Crippen LogP contribution in [0.3, 0.4) is 0 Å². The second kappa shape index (κ2) is 3.31. The largest absolute Gasteiger partial charge is 0.134 e. The smallest absolute Gasteiger partial charge is 0.00211 e. The summed E-state index contributed by atoms with van der Waals surface area (Å²) >= 11 is 1.93. The number of allylic oxidation sites excluding steroid dienone is 5. The second-order valence-electron chi connectivity index (χ2n) is 3.00. The minimum atomic E-state index is 0.676. The molecule has 0 radical (unpaired) electrons. The Balaban J connectivity index is 2.16. The molecule has 0 nitrogen and oxygen atoms in total. The summed E-state index contributed by atoms with van der Waals surface area (Å²) in [6, 6.07) is 0. The highest BCUT2D eigenvalue weighted by Crippen LogP contribution is 2.29. The minimum Gasteiger partial charge on any atom is -0.134 e. The molecule has 2 rings (SSSR count). The Bertz CT molecular complexity index is 213. The first kappa shape index (κ1) is 7.23. The summed E-state index contributed by atoms with van der Waals surface area (Å²) in [6.45, 7) is 0. The van der Waals surface area contributed by atoms with E-state index in [4.69, 9.17) is 0 Å². The van der Waals surface area contributed by atoms with Crippen molar-refractivity contribution in [3.8, 4) is 0 Å². The first-order valence-electron chi connectivity index (χ1n) is 4.10. The highest BCUT2D eigenvalue weighted by atomic mass is 32.2. The van der Waals surface area contributed by atoms with Gasteiger partial charge in [0.25, 0.3) is 0 Å². The molecule has 0 saturated carbocycles. The molecule has 0 N–H and O–H groups in total. The van der Waals surface area contributed by atoms with Crippen molar-refractivity contribution in [3.63, 3.8) is 0 Å². The average Bonchev–Trinajstić information content (AvgIpc) is 2.28. The summed E-state index contributed by atoms with van der Waals surface area (Å²) in [4.78, 5) is 0. The Labute approximate surface area is 72.1 Å². The van der Waals surface area contributed by atoms with Crippen LogP contribution in [0.4, 0.5) is 0 Å². The zero-order valence-corrected chi connectivity index (χ0v) is 7.26. The van der Waals surface area contributed by atoms with E-state index < -0.39 is 0 Å². The lowest BCUT2D eigenvalue weighted by Crippen LogP contribution is -2.09. The summed E-state index contributed by atoms with van der Waals surface area (Å²) in [5.41, 5.74) is 0. The van der Waals surface area contributed by atoms with E-state index in [9.17, 15) is 0 Å². The fourth-order valence-electron chi connectivity index (χ4n) is 1.58. The van der Waals surface area contributed by atoms with E-state index in [0.717, 1.165) is 5.92 Å². The van der Waals surface area contributed by atoms with Crippen LogP contribution in [0, 0.1) is 11.8 Å². The Kier molecular flexibility index (Phi) is 2.18. The molecule has 0 saturated heterocycles. The fourth-order valence-corrected chi connectivity index (χ4v) is 2.42. The minimum absolute atomic E-state index is 0.676. The van der Waals surface area contributed by atoms with Gasteiger partial charge in [0, 0.05) is 5.92 Å². The molecule has 1 heteroatoms. The molecule has 1 heterocycles. The van der Waals surface area contributed by atoms with Crippen molar-refractivity contribution >= 4 is 11.8 Å². The monoisotopic (exact) mass is 164 g/mol. The number of thioether (sulfide) groups is 1.